The molecule has 1 aromatic heterocycles. The molecule has 3 aromatic rings. The molecule has 102 valence electrons. The van der Waals surface area contributed by atoms with Crippen LogP contribution in [-0.2, 0) is 0 Å². The van der Waals surface area contributed by atoms with Gasteiger partial charge in [-0.3, -0.25) is 0 Å². The third-order valence-corrected chi connectivity index (χ3v) is 7.00. The van der Waals surface area contributed by atoms with Gasteiger partial charge in [-0.2, -0.15) is 0 Å². The highest BCUT2D eigenvalue weighted by Crippen LogP contribution is 2.41. The number of aryl methyl sites for hydroxylation is 1. The summed E-state index contributed by atoms with van der Waals surface area (Å²) in [5, 5.41) is 2.52. The van der Waals surface area contributed by atoms with E-state index in [0.717, 1.165) is 4.47 Å². The molecule has 2 aromatic carbocycles. The van der Waals surface area contributed by atoms with Gasteiger partial charge in [0.05, 0.1) is 4.83 Å². The predicted molar refractivity (Wildman–Crippen MR) is 99.2 cm³/mol. The standard InChI is InChI=1S/C16H11Br3S/c1-9-6-14(18)16(20-9)15(19)12-3-2-11-8-13(17)5-4-10(11)7-12/h2-8,15H,1H3. The highest BCUT2D eigenvalue weighted by Gasteiger charge is 2.16. The van der Waals surface area contributed by atoms with E-state index in [4.69, 9.17) is 0 Å². The molecule has 0 saturated heterocycles. The number of hydrogen-bond acceptors (Lipinski definition) is 1. The lowest BCUT2D eigenvalue weighted by Crippen LogP contribution is -1.90. The number of fused-ring (bicyclic) bond motifs is 1. The van der Waals surface area contributed by atoms with Gasteiger partial charge in [-0.25, -0.2) is 0 Å². The van der Waals surface area contributed by atoms with Crippen molar-refractivity contribution in [2.24, 2.45) is 0 Å². The summed E-state index contributed by atoms with van der Waals surface area (Å²) in [5.41, 5.74) is 1.28. The molecule has 0 amide bonds. The zero-order valence-corrected chi connectivity index (χ0v) is 16.2. The maximum absolute atomic E-state index is 3.83. The van der Waals surface area contributed by atoms with Crippen LogP contribution in [0.4, 0.5) is 0 Å². The van der Waals surface area contributed by atoms with Gasteiger partial charge in [-0.15, -0.1) is 11.3 Å². The second-order valence-electron chi connectivity index (χ2n) is 4.68. The molecule has 0 bridgehead atoms. The normalized spacial score (nSPS) is 12.8. The van der Waals surface area contributed by atoms with Gasteiger partial charge in [-0.1, -0.05) is 50.1 Å². The van der Waals surface area contributed by atoms with Crippen molar-refractivity contribution < 1.29 is 0 Å². The molecule has 0 aliphatic rings. The Labute approximate surface area is 147 Å². The molecular formula is C16H11Br3S. The van der Waals surface area contributed by atoms with Crippen LogP contribution in [0.15, 0.2) is 51.4 Å². The van der Waals surface area contributed by atoms with E-state index in [1.807, 2.05) is 11.3 Å². The lowest BCUT2D eigenvalue weighted by Gasteiger charge is -2.10. The maximum Gasteiger partial charge on any atom is 0.0749 e. The Balaban J connectivity index is 2.05. The van der Waals surface area contributed by atoms with E-state index in [0.29, 0.717) is 0 Å². The van der Waals surface area contributed by atoms with Gasteiger partial charge in [0.2, 0.25) is 0 Å². The number of thiophene rings is 1. The van der Waals surface area contributed by atoms with E-state index in [1.54, 1.807) is 0 Å². The SMILES string of the molecule is Cc1cc(Br)c(C(Br)c2ccc3cc(Br)ccc3c2)s1. The zero-order valence-electron chi connectivity index (χ0n) is 10.7. The Kier molecular flexibility index (Phi) is 4.37. The average Bonchev–Trinajstić information content (AvgIpc) is 2.76. The van der Waals surface area contributed by atoms with Crippen molar-refractivity contribution >= 4 is 69.9 Å². The second kappa shape index (κ2) is 5.91. The van der Waals surface area contributed by atoms with E-state index in [1.165, 1.54) is 30.6 Å². The summed E-state index contributed by atoms with van der Waals surface area (Å²) in [7, 11) is 0. The molecule has 0 N–H and O–H groups in total. The van der Waals surface area contributed by atoms with Crippen LogP contribution in [0.3, 0.4) is 0 Å². The van der Waals surface area contributed by atoms with Crippen molar-refractivity contribution in [3.8, 4) is 0 Å². The molecule has 1 heterocycles. The summed E-state index contributed by atoms with van der Waals surface area (Å²) in [6, 6.07) is 15.2. The van der Waals surface area contributed by atoms with E-state index in [2.05, 4.69) is 97.2 Å². The van der Waals surface area contributed by atoms with Gasteiger partial charge >= 0.3 is 0 Å². The monoisotopic (exact) mass is 472 g/mol. The lowest BCUT2D eigenvalue weighted by molar-refractivity contribution is 1.22. The Morgan fingerprint density at radius 1 is 0.950 bits per heavy atom. The smallest absolute Gasteiger partial charge is 0.0749 e. The third kappa shape index (κ3) is 2.89. The van der Waals surface area contributed by atoms with Crippen molar-refractivity contribution in [1.82, 2.24) is 0 Å². The number of hydrogen-bond donors (Lipinski definition) is 0. The summed E-state index contributed by atoms with van der Waals surface area (Å²) in [5.74, 6) is 0. The van der Waals surface area contributed by atoms with Gasteiger partial charge in [0, 0.05) is 18.7 Å². The Morgan fingerprint density at radius 3 is 2.35 bits per heavy atom. The van der Waals surface area contributed by atoms with Gasteiger partial charge in [0.1, 0.15) is 0 Å². The van der Waals surface area contributed by atoms with Gasteiger partial charge in [0.25, 0.3) is 0 Å². The average molecular weight is 475 g/mol. The van der Waals surface area contributed by atoms with E-state index in [-0.39, 0.29) is 4.83 Å². The molecule has 0 saturated carbocycles. The minimum absolute atomic E-state index is 0.226. The molecule has 1 unspecified atom stereocenters. The molecule has 20 heavy (non-hydrogen) atoms. The summed E-state index contributed by atoms with van der Waals surface area (Å²) < 4.78 is 2.29. The quantitative estimate of drug-likeness (QED) is 0.344. The molecule has 0 spiro atoms. The summed E-state index contributed by atoms with van der Waals surface area (Å²) in [4.78, 5) is 2.86. The number of halogens is 3. The molecule has 0 radical (unpaired) electrons. The molecule has 4 heteroatoms. The second-order valence-corrected chi connectivity index (χ2v) is 8.66. The largest absolute Gasteiger partial charge is 0.143 e. The summed E-state index contributed by atoms with van der Waals surface area (Å²) in [6.07, 6.45) is 0. The minimum Gasteiger partial charge on any atom is -0.143 e. The third-order valence-electron chi connectivity index (χ3n) is 3.19. The number of alkyl halides is 1. The fraction of sp³-hybridized carbons (Fsp3) is 0.125. The molecule has 0 nitrogen and oxygen atoms in total. The summed E-state index contributed by atoms with van der Waals surface area (Å²) >= 11 is 12.8. The van der Waals surface area contributed by atoms with E-state index < -0.39 is 0 Å². The van der Waals surface area contributed by atoms with Gasteiger partial charge in [0.15, 0.2) is 0 Å². The van der Waals surface area contributed by atoms with Crippen LogP contribution >= 0.6 is 59.1 Å². The number of rotatable bonds is 2. The zero-order chi connectivity index (χ0) is 14.3. The van der Waals surface area contributed by atoms with Crippen LogP contribution in [0.5, 0.6) is 0 Å². The van der Waals surface area contributed by atoms with Crippen LogP contribution in [-0.4, -0.2) is 0 Å². The van der Waals surface area contributed by atoms with Crippen molar-refractivity contribution in [3.05, 3.63) is 66.7 Å². The van der Waals surface area contributed by atoms with E-state index >= 15 is 0 Å². The Hall–Kier alpha value is -0.160. The first-order valence-electron chi connectivity index (χ1n) is 6.14. The molecule has 1 atom stereocenters. The topological polar surface area (TPSA) is 0 Å². The van der Waals surface area contributed by atoms with Crippen molar-refractivity contribution in [1.29, 1.82) is 0 Å². The molecular weight excluding hydrogens is 464 g/mol. The van der Waals surface area contributed by atoms with Crippen molar-refractivity contribution in [2.45, 2.75) is 11.8 Å². The minimum atomic E-state index is 0.226. The first-order valence-corrected chi connectivity index (χ1v) is 9.45. The predicted octanol–water partition coefficient (Wildman–Crippen LogP) is 7.22. The molecule has 0 fully saturated rings. The Bertz CT molecular complexity index is 776. The maximum atomic E-state index is 3.83. The summed E-state index contributed by atoms with van der Waals surface area (Å²) in [6.45, 7) is 2.14. The molecule has 0 aliphatic carbocycles. The van der Waals surface area contributed by atoms with Crippen LogP contribution in [0.2, 0.25) is 0 Å². The van der Waals surface area contributed by atoms with Crippen LogP contribution in [0, 0.1) is 6.92 Å². The first-order chi connectivity index (χ1) is 9.54. The molecule has 0 aliphatic heterocycles. The van der Waals surface area contributed by atoms with Gasteiger partial charge < -0.3 is 0 Å². The lowest BCUT2D eigenvalue weighted by atomic mass is 10.0. The van der Waals surface area contributed by atoms with Crippen LogP contribution in [0.25, 0.3) is 10.8 Å². The highest BCUT2D eigenvalue weighted by molar-refractivity contribution is 9.11. The fourth-order valence-corrected chi connectivity index (χ4v) is 5.60. The highest BCUT2D eigenvalue weighted by atomic mass is 79.9. The first kappa shape index (κ1) is 14.8. The van der Waals surface area contributed by atoms with Crippen molar-refractivity contribution in [3.63, 3.8) is 0 Å². The molecule has 3 rings (SSSR count). The van der Waals surface area contributed by atoms with Crippen LogP contribution in [0.1, 0.15) is 20.1 Å². The van der Waals surface area contributed by atoms with Crippen molar-refractivity contribution in [2.75, 3.05) is 0 Å². The fourth-order valence-electron chi connectivity index (χ4n) is 2.22. The Morgan fingerprint density at radius 2 is 1.65 bits per heavy atom. The van der Waals surface area contributed by atoms with E-state index in [9.17, 15) is 0 Å². The van der Waals surface area contributed by atoms with Gasteiger partial charge in [-0.05, 0) is 63.5 Å². The van der Waals surface area contributed by atoms with Crippen LogP contribution < -0.4 is 0 Å². The number of benzene rings is 2.